The first-order chi connectivity index (χ1) is 12.6. The summed E-state index contributed by atoms with van der Waals surface area (Å²) >= 11 is 0. The van der Waals surface area contributed by atoms with E-state index in [2.05, 4.69) is 21.4 Å². The van der Waals surface area contributed by atoms with Crippen LogP contribution in [0, 0.1) is 5.92 Å². The third-order valence-electron chi connectivity index (χ3n) is 4.82. The zero-order chi connectivity index (χ0) is 18.4. The predicted molar refractivity (Wildman–Crippen MR) is 103 cm³/mol. The van der Waals surface area contributed by atoms with Gasteiger partial charge in [0.25, 0.3) is 0 Å². The maximum atomic E-state index is 12.4. The number of hydrogen-bond acceptors (Lipinski definition) is 4. The van der Waals surface area contributed by atoms with Crippen LogP contribution < -0.4 is 10.2 Å². The maximum Gasteiger partial charge on any atom is 0.317 e. The van der Waals surface area contributed by atoms with Gasteiger partial charge in [-0.2, -0.15) is 0 Å². The molecule has 0 atom stereocenters. The number of carbonyl (C=O) groups is 1. The van der Waals surface area contributed by atoms with E-state index in [-0.39, 0.29) is 6.03 Å². The maximum absolute atomic E-state index is 12.4. The van der Waals surface area contributed by atoms with Gasteiger partial charge in [-0.3, -0.25) is 4.98 Å². The van der Waals surface area contributed by atoms with Crippen LogP contribution in [0.25, 0.3) is 0 Å². The average molecular weight is 353 g/mol. The number of anilines is 1. The summed E-state index contributed by atoms with van der Waals surface area (Å²) in [6.07, 6.45) is 6.87. The molecule has 0 unspecified atom stereocenters. The van der Waals surface area contributed by atoms with Gasteiger partial charge in [0, 0.05) is 39.6 Å². The van der Waals surface area contributed by atoms with Crippen LogP contribution in [0.4, 0.5) is 10.6 Å². The SMILES string of the molecule is CN(C)c1cccc(CNC(=O)N2CCC(Cc3cccnc3)CC2)n1. The van der Waals surface area contributed by atoms with Crippen molar-refractivity contribution < 1.29 is 4.79 Å². The monoisotopic (exact) mass is 353 g/mol. The van der Waals surface area contributed by atoms with Gasteiger partial charge >= 0.3 is 6.03 Å². The smallest absolute Gasteiger partial charge is 0.317 e. The Labute approximate surface area is 155 Å². The van der Waals surface area contributed by atoms with Crippen LogP contribution in [-0.2, 0) is 13.0 Å². The summed E-state index contributed by atoms with van der Waals surface area (Å²) in [5.41, 5.74) is 2.15. The molecule has 26 heavy (non-hydrogen) atoms. The van der Waals surface area contributed by atoms with Gasteiger partial charge in [0.1, 0.15) is 5.82 Å². The number of hydrogen-bond donors (Lipinski definition) is 1. The third-order valence-corrected chi connectivity index (χ3v) is 4.82. The van der Waals surface area contributed by atoms with Crippen LogP contribution in [0.1, 0.15) is 24.1 Å². The van der Waals surface area contributed by atoms with E-state index in [4.69, 9.17) is 0 Å². The van der Waals surface area contributed by atoms with Crippen LogP contribution in [0.15, 0.2) is 42.7 Å². The fourth-order valence-corrected chi connectivity index (χ4v) is 3.28. The molecule has 2 amide bonds. The second kappa shape index (κ2) is 8.65. The van der Waals surface area contributed by atoms with Gasteiger partial charge in [-0.15, -0.1) is 0 Å². The largest absolute Gasteiger partial charge is 0.363 e. The zero-order valence-corrected chi connectivity index (χ0v) is 15.6. The first-order valence-electron chi connectivity index (χ1n) is 9.17. The highest BCUT2D eigenvalue weighted by Gasteiger charge is 2.22. The van der Waals surface area contributed by atoms with Crippen molar-refractivity contribution >= 4 is 11.8 Å². The van der Waals surface area contributed by atoms with E-state index in [1.165, 1.54) is 5.56 Å². The van der Waals surface area contributed by atoms with Crippen molar-refractivity contribution in [3.8, 4) is 0 Å². The number of urea groups is 1. The molecule has 0 bridgehead atoms. The van der Waals surface area contributed by atoms with Crippen molar-refractivity contribution in [2.45, 2.75) is 25.8 Å². The molecule has 2 aromatic heterocycles. The Hall–Kier alpha value is -2.63. The van der Waals surface area contributed by atoms with Crippen molar-refractivity contribution in [3.05, 3.63) is 54.0 Å². The van der Waals surface area contributed by atoms with E-state index >= 15 is 0 Å². The molecule has 6 heteroatoms. The molecule has 1 aliphatic rings. The second-order valence-corrected chi connectivity index (χ2v) is 7.04. The van der Waals surface area contributed by atoms with E-state index in [0.29, 0.717) is 12.5 Å². The molecule has 3 heterocycles. The molecule has 0 aliphatic carbocycles. The molecule has 3 rings (SSSR count). The Morgan fingerprint density at radius 2 is 2.04 bits per heavy atom. The molecule has 2 aromatic rings. The Bertz CT molecular complexity index is 711. The molecule has 1 N–H and O–H groups in total. The molecule has 0 radical (unpaired) electrons. The lowest BCUT2D eigenvalue weighted by molar-refractivity contribution is 0.170. The fourth-order valence-electron chi connectivity index (χ4n) is 3.28. The van der Waals surface area contributed by atoms with Crippen molar-refractivity contribution in [2.75, 3.05) is 32.1 Å². The molecule has 138 valence electrons. The number of carbonyl (C=O) groups excluding carboxylic acids is 1. The Morgan fingerprint density at radius 3 is 2.73 bits per heavy atom. The van der Waals surface area contributed by atoms with E-state index in [1.807, 2.05) is 54.4 Å². The van der Waals surface area contributed by atoms with Gasteiger partial charge in [-0.05, 0) is 48.9 Å². The number of piperidine rings is 1. The normalized spacial score (nSPS) is 14.9. The molecule has 1 aliphatic heterocycles. The van der Waals surface area contributed by atoms with Crippen LogP contribution in [0.5, 0.6) is 0 Å². The lowest BCUT2D eigenvalue weighted by Gasteiger charge is -2.32. The number of nitrogens with one attached hydrogen (secondary N) is 1. The summed E-state index contributed by atoms with van der Waals surface area (Å²) < 4.78 is 0. The highest BCUT2D eigenvalue weighted by atomic mass is 16.2. The minimum atomic E-state index is 0.00174. The second-order valence-electron chi connectivity index (χ2n) is 7.04. The van der Waals surface area contributed by atoms with Crippen molar-refractivity contribution in [1.29, 1.82) is 0 Å². The highest BCUT2D eigenvalue weighted by molar-refractivity contribution is 5.74. The summed E-state index contributed by atoms with van der Waals surface area (Å²) in [5.74, 6) is 1.52. The number of nitrogens with zero attached hydrogens (tertiary/aromatic N) is 4. The Kier molecular flexibility index (Phi) is 6.04. The highest BCUT2D eigenvalue weighted by Crippen LogP contribution is 2.21. The summed E-state index contributed by atoms with van der Waals surface area (Å²) in [6.45, 7) is 2.07. The molecular formula is C20H27N5O. The van der Waals surface area contributed by atoms with E-state index in [9.17, 15) is 4.79 Å². The van der Waals surface area contributed by atoms with Gasteiger partial charge in [0.2, 0.25) is 0 Å². The molecule has 1 fully saturated rings. The van der Waals surface area contributed by atoms with E-state index < -0.39 is 0 Å². The van der Waals surface area contributed by atoms with Crippen LogP contribution in [0.2, 0.25) is 0 Å². The molecule has 1 saturated heterocycles. The number of aromatic nitrogens is 2. The average Bonchev–Trinajstić information content (AvgIpc) is 2.68. The summed E-state index contributed by atoms with van der Waals surface area (Å²) in [4.78, 5) is 25.0. The molecular weight excluding hydrogens is 326 g/mol. The number of pyridine rings is 2. The van der Waals surface area contributed by atoms with E-state index in [1.54, 1.807) is 6.20 Å². The standard InChI is InChI=1S/C20H27N5O/c1-24(2)19-7-3-6-18(23-19)15-22-20(26)25-11-8-16(9-12-25)13-17-5-4-10-21-14-17/h3-7,10,14,16H,8-9,11-13,15H2,1-2H3,(H,22,26). The van der Waals surface area contributed by atoms with Crippen LogP contribution in [0.3, 0.4) is 0 Å². The quantitative estimate of drug-likeness (QED) is 0.898. The minimum Gasteiger partial charge on any atom is -0.363 e. The Balaban J connectivity index is 1.44. The summed E-state index contributed by atoms with van der Waals surface area (Å²) in [6, 6.07) is 9.97. The predicted octanol–water partition coefficient (Wildman–Crippen LogP) is 2.71. The minimum absolute atomic E-state index is 0.00174. The lowest BCUT2D eigenvalue weighted by Crippen LogP contribution is -2.44. The van der Waals surface area contributed by atoms with Crippen LogP contribution in [-0.4, -0.2) is 48.1 Å². The number of likely N-dealkylation sites (tertiary alicyclic amines) is 1. The third kappa shape index (κ3) is 4.94. The summed E-state index contributed by atoms with van der Waals surface area (Å²) in [7, 11) is 3.92. The Morgan fingerprint density at radius 1 is 1.23 bits per heavy atom. The zero-order valence-electron chi connectivity index (χ0n) is 15.6. The van der Waals surface area contributed by atoms with Crippen molar-refractivity contribution in [2.24, 2.45) is 5.92 Å². The fraction of sp³-hybridized carbons (Fsp3) is 0.450. The van der Waals surface area contributed by atoms with Gasteiger partial charge in [-0.1, -0.05) is 12.1 Å². The van der Waals surface area contributed by atoms with Crippen molar-refractivity contribution in [3.63, 3.8) is 0 Å². The van der Waals surface area contributed by atoms with Gasteiger partial charge < -0.3 is 15.1 Å². The number of rotatable bonds is 5. The molecule has 6 nitrogen and oxygen atoms in total. The first-order valence-corrected chi connectivity index (χ1v) is 9.17. The number of amides is 2. The topological polar surface area (TPSA) is 61.4 Å². The molecule has 0 spiro atoms. The van der Waals surface area contributed by atoms with E-state index in [0.717, 1.165) is 43.9 Å². The molecule has 0 saturated carbocycles. The van der Waals surface area contributed by atoms with Gasteiger partial charge in [0.05, 0.1) is 12.2 Å². The van der Waals surface area contributed by atoms with Gasteiger partial charge in [-0.25, -0.2) is 9.78 Å². The first kappa shape index (κ1) is 18.2. The van der Waals surface area contributed by atoms with Gasteiger partial charge in [0.15, 0.2) is 0 Å². The summed E-state index contributed by atoms with van der Waals surface area (Å²) in [5, 5.41) is 3.00. The molecule has 0 aromatic carbocycles. The lowest BCUT2D eigenvalue weighted by atomic mass is 9.91. The van der Waals surface area contributed by atoms with Crippen LogP contribution >= 0.6 is 0 Å². The van der Waals surface area contributed by atoms with Crippen molar-refractivity contribution in [1.82, 2.24) is 20.2 Å².